The summed E-state index contributed by atoms with van der Waals surface area (Å²) in [6.45, 7) is 0.422. The third-order valence-electron chi connectivity index (χ3n) is 2.65. The minimum Gasteiger partial charge on any atom is -0.493 e. The summed E-state index contributed by atoms with van der Waals surface area (Å²) in [7, 11) is 0. The maximum absolute atomic E-state index is 11.9. The number of rotatable bonds is 5. The molecule has 6 nitrogen and oxygen atoms in total. The molecule has 0 saturated heterocycles. The van der Waals surface area contributed by atoms with Crippen molar-refractivity contribution in [1.29, 1.82) is 0 Å². The third-order valence-corrected chi connectivity index (χ3v) is 2.65. The quantitative estimate of drug-likeness (QED) is 0.698. The highest BCUT2D eigenvalue weighted by Gasteiger charge is 2.11. The highest BCUT2D eigenvalue weighted by atomic mass is 16.5. The molecule has 1 aromatic heterocycles. The molecule has 0 bridgehead atoms. The molecule has 0 aliphatic rings. The zero-order chi connectivity index (χ0) is 13.8. The van der Waals surface area contributed by atoms with Gasteiger partial charge in [0.1, 0.15) is 11.3 Å². The first-order valence-corrected chi connectivity index (χ1v) is 5.76. The van der Waals surface area contributed by atoms with Crippen LogP contribution in [0.4, 0.5) is 0 Å². The molecule has 1 aromatic carbocycles. The van der Waals surface area contributed by atoms with Crippen molar-refractivity contribution in [3.05, 3.63) is 40.2 Å². The number of carboxylic acids is 1. The van der Waals surface area contributed by atoms with E-state index in [4.69, 9.17) is 14.9 Å². The highest BCUT2D eigenvalue weighted by Crippen LogP contribution is 2.17. The Morgan fingerprint density at radius 2 is 2.16 bits per heavy atom. The van der Waals surface area contributed by atoms with Gasteiger partial charge in [-0.05, 0) is 12.1 Å². The minimum atomic E-state index is -1.26. The molecular formula is C13H13NO5. The van der Waals surface area contributed by atoms with Crippen molar-refractivity contribution in [2.24, 2.45) is 0 Å². The summed E-state index contributed by atoms with van der Waals surface area (Å²) in [5.74, 6) is -0.703. The van der Waals surface area contributed by atoms with Crippen molar-refractivity contribution in [1.82, 2.24) is 4.98 Å². The molecule has 1 heterocycles. The van der Waals surface area contributed by atoms with E-state index in [-0.39, 0.29) is 12.2 Å². The molecule has 100 valence electrons. The predicted molar refractivity (Wildman–Crippen MR) is 68.7 cm³/mol. The highest BCUT2D eigenvalue weighted by molar-refractivity contribution is 5.92. The number of pyridine rings is 1. The number of benzene rings is 1. The van der Waals surface area contributed by atoms with Crippen molar-refractivity contribution in [2.75, 3.05) is 13.2 Å². The van der Waals surface area contributed by atoms with E-state index in [2.05, 4.69) is 4.98 Å². The van der Waals surface area contributed by atoms with Gasteiger partial charge in [-0.2, -0.15) is 0 Å². The Hall–Kier alpha value is -2.34. The number of hydrogen-bond acceptors (Lipinski definition) is 4. The second kappa shape index (κ2) is 5.53. The summed E-state index contributed by atoms with van der Waals surface area (Å²) in [5, 5.41) is 17.8. The molecule has 3 N–H and O–H groups in total. The Bertz CT molecular complexity index is 662. The summed E-state index contributed by atoms with van der Waals surface area (Å²) in [6.07, 6.45) is 1.69. The van der Waals surface area contributed by atoms with Crippen LogP contribution in [0.5, 0.6) is 5.75 Å². The van der Waals surface area contributed by atoms with Gasteiger partial charge in [-0.1, -0.05) is 0 Å². The van der Waals surface area contributed by atoms with Gasteiger partial charge in [-0.3, -0.25) is 4.79 Å². The van der Waals surface area contributed by atoms with Crippen LogP contribution < -0.4 is 10.2 Å². The number of nitrogens with one attached hydrogen (secondary N) is 1. The van der Waals surface area contributed by atoms with E-state index >= 15 is 0 Å². The van der Waals surface area contributed by atoms with Crippen molar-refractivity contribution in [2.45, 2.75) is 6.42 Å². The van der Waals surface area contributed by atoms with Crippen LogP contribution in [-0.2, 0) is 0 Å². The molecule has 0 saturated carbocycles. The monoisotopic (exact) mass is 263 g/mol. The molecule has 19 heavy (non-hydrogen) atoms. The maximum Gasteiger partial charge on any atom is 0.341 e. The molecule has 2 aromatic rings. The first-order valence-electron chi connectivity index (χ1n) is 5.76. The van der Waals surface area contributed by atoms with Crippen LogP contribution in [-0.4, -0.2) is 34.4 Å². The number of carbonyl (C=O) groups is 1. The van der Waals surface area contributed by atoms with E-state index < -0.39 is 11.4 Å². The van der Waals surface area contributed by atoms with E-state index in [1.807, 2.05) is 0 Å². The van der Waals surface area contributed by atoms with Crippen LogP contribution in [0.1, 0.15) is 16.8 Å². The second-order valence-electron chi connectivity index (χ2n) is 3.97. The molecule has 0 unspecified atom stereocenters. The zero-order valence-electron chi connectivity index (χ0n) is 10.0. The van der Waals surface area contributed by atoms with Gasteiger partial charge in [0.25, 0.3) is 0 Å². The van der Waals surface area contributed by atoms with Crippen LogP contribution >= 0.6 is 0 Å². The number of aromatic nitrogens is 1. The van der Waals surface area contributed by atoms with Crippen LogP contribution in [0.3, 0.4) is 0 Å². The Balaban J connectivity index is 2.38. The number of aliphatic hydroxyl groups excluding tert-OH is 1. The lowest BCUT2D eigenvalue weighted by Gasteiger charge is -2.06. The third kappa shape index (κ3) is 2.74. The number of aliphatic hydroxyl groups is 1. The molecule has 0 aliphatic carbocycles. The first-order chi connectivity index (χ1) is 9.13. The number of fused-ring (bicyclic) bond motifs is 1. The average Bonchev–Trinajstić information content (AvgIpc) is 2.39. The Kier molecular flexibility index (Phi) is 3.82. The lowest BCUT2D eigenvalue weighted by molar-refractivity contribution is 0.0695. The number of H-pyrrole nitrogens is 1. The van der Waals surface area contributed by atoms with Crippen molar-refractivity contribution >= 4 is 16.9 Å². The first kappa shape index (κ1) is 13.1. The fraction of sp³-hybridized carbons (Fsp3) is 0.231. The zero-order valence-corrected chi connectivity index (χ0v) is 10.0. The number of carboxylic acid groups (broad SMARTS) is 1. The summed E-state index contributed by atoms with van der Waals surface area (Å²) >= 11 is 0. The van der Waals surface area contributed by atoms with Crippen molar-refractivity contribution in [3.8, 4) is 5.75 Å². The molecule has 0 aliphatic heterocycles. The SMILES string of the molecule is O=C(O)c1c[nH]c2cc(OCCCO)ccc2c1=O. The van der Waals surface area contributed by atoms with Crippen LogP contribution in [0.2, 0.25) is 0 Å². The standard InChI is InChI=1S/C13H13NO5/c15-4-1-5-19-8-2-3-9-11(6-8)14-7-10(12(9)16)13(17)18/h2-3,6-7,15H,1,4-5H2,(H,14,16)(H,17,18). The van der Waals surface area contributed by atoms with Gasteiger partial charge in [-0.25, -0.2) is 4.79 Å². The molecule has 0 atom stereocenters. The van der Waals surface area contributed by atoms with Crippen LogP contribution in [0, 0.1) is 0 Å². The van der Waals surface area contributed by atoms with Gasteiger partial charge in [0.05, 0.1) is 12.1 Å². The summed E-state index contributed by atoms with van der Waals surface area (Å²) in [6, 6.07) is 4.75. The molecular weight excluding hydrogens is 250 g/mol. The van der Waals surface area contributed by atoms with Crippen LogP contribution in [0.25, 0.3) is 10.9 Å². The number of hydrogen-bond donors (Lipinski definition) is 3. The molecule has 0 radical (unpaired) electrons. The van der Waals surface area contributed by atoms with Gasteiger partial charge >= 0.3 is 5.97 Å². The smallest absolute Gasteiger partial charge is 0.341 e. The molecule has 2 rings (SSSR count). The van der Waals surface area contributed by atoms with Gasteiger partial charge in [-0.15, -0.1) is 0 Å². The van der Waals surface area contributed by atoms with Gasteiger partial charge in [0.15, 0.2) is 0 Å². The molecule has 6 heteroatoms. The van der Waals surface area contributed by atoms with Gasteiger partial charge in [0, 0.05) is 30.7 Å². The van der Waals surface area contributed by atoms with Crippen LogP contribution in [0.15, 0.2) is 29.2 Å². The molecule has 0 fully saturated rings. The van der Waals surface area contributed by atoms with E-state index in [9.17, 15) is 9.59 Å². The molecule has 0 amide bonds. The Morgan fingerprint density at radius 1 is 1.37 bits per heavy atom. The lowest BCUT2D eigenvalue weighted by Crippen LogP contribution is -2.15. The second-order valence-corrected chi connectivity index (χ2v) is 3.97. The summed E-state index contributed by atoms with van der Waals surface area (Å²) in [5.41, 5.74) is -0.305. The summed E-state index contributed by atoms with van der Waals surface area (Å²) in [4.78, 5) is 25.5. The Labute approximate surface area is 108 Å². The van der Waals surface area contributed by atoms with E-state index in [0.29, 0.717) is 29.7 Å². The molecule has 0 spiro atoms. The normalized spacial score (nSPS) is 10.6. The number of aromatic amines is 1. The topological polar surface area (TPSA) is 99.6 Å². The fourth-order valence-corrected chi connectivity index (χ4v) is 1.70. The van der Waals surface area contributed by atoms with Gasteiger partial charge < -0.3 is 19.9 Å². The minimum absolute atomic E-state index is 0.0480. The Morgan fingerprint density at radius 3 is 2.84 bits per heavy atom. The van der Waals surface area contributed by atoms with E-state index in [1.165, 1.54) is 12.3 Å². The fourth-order valence-electron chi connectivity index (χ4n) is 1.70. The largest absolute Gasteiger partial charge is 0.493 e. The summed E-state index contributed by atoms with van der Waals surface area (Å²) < 4.78 is 5.37. The maximum atomic E-state index is 11.9. The number of ether oxygens (including phenoxy) is 1. The number of aromatic carboxylic acids is 1. The van der Waals surface area contributed by atoms with E-state index in [0.717, 1.165) is 0 Å². The van der Waals surface area contributed by atoms with Gasteiger partial charge in [0.2, 0.25) is 5.43 Å². The van der Waals surface area contributed by atoms with Crippen molar-refractivity contribution in [3.63, 3.8) is 0 Å². The van der Waals surface area contributed by atoms with Crippen molar-refractivity contribution < 1.29 is 19.7 Å². The lowest BCUT2D eigenvalue weighted by atomic mass is 10.1. The average molecular weight is 263 g/mol. The predicted octanol–water partition coefficient (Wildman–Crippen LogP) is 0.987. The van der Waals surface area contributed by atoms with E-state index in [1.54, 1.807) is 12.1 Å².